The van der Waals surface area contributed by atoms with E-state index >= 15 is 0 Å². The van der Waals surface area contributed by atoms with Gasteiger partial charge in [-0.1, -0.05) is 0 Å². The number of ketones is 1. The van der Waals surface area contributed by atoms with E-state index in [2.05, 4.69) is 4.98 Å². The van der Waals surface area contributed by atoms with Gasteiger partial charge in [-0.15, -0.1) is 0 Å². The lowest BCUT2D eigenvalue weighted by Crippen LogP contribution is -2.37. The molecular weight excluding hydrogens is 261 g/mol. The fraction of sp³-hybridized carbons (Fsp3) is 0.500. The van der Waals surface area contributed by atoms with Crippen LogP contribution in [0.15, 0.2) is 12.3 Å². The van der Waals surface area contributed by atoms with Crippen molar-refractivity contribution in [1.29, 1.82) is 0 Å². The predicted molar refractivity (Wildman–Crippen MR) is 62.3 cm³/mol. The number of halogens is 3. The summed E-state index contributed by atoms with van der Waals surface area (Å²) in [5.41, 5.74) is -0.556. The number of morpholine rings is 1. The van der Waals surface area contributed by atoms with Gasteiger partial charge in [0.05, 0.1) is 24.5 Å². The predicted octanol–water partition coefficient (Wildman–Crippen LogP) is 2.14. The first-order chi connectivity index (χ1) is 8.89. The highest BCUT2D eigenvalue weighted by Crippen LogP contribution is 2.32. The summed E-state index contributed by atoms with van der Waals surface area (Å²) < 4.78 is 43.2. The lowest BCUT2D eigenvalue weighted by molar-refractivity contribution is -0.137. The molecule has 1 aliphatic heterocycles. The minimum atomic E-state index is -4.47. The van der Waals surface area contributed by atoms with Crippen LogP contribution in [0.5, 0.6) is 0 Å². The molecule has 19 heavy (non-hydrogen) atoms. The maximum atomic E-state index is 12.7. The van der Waals surface area contributed by atoms with Crippen molar-refractivity contribution >= 4 is 11.5 Å². The van der Waals surface area contributed by atoms with E-state index in [9.17, 15) is 18.0 Å². The summed E-state index contributed by atoms with van der Waals surface area (Å²) in [6, 6.07) is 0.981. The van der Waals surface area contributed by atoms with Crippen LogP contribution in [0.3, 0.4) is 0 Å². The zero-order chi connectivity index (χ0) is 14.0. The van der Waals surface area contributed by atoms with Gasteiger partial charge in [-0.3, -0.25) is 9.78 Å². The maximum Gasteiger partial charge on any atom is 0.417 e. The van der Waals surface area contributed by atoms with E-state index in [1.807, 2.05) is 0 Å². The summed E-state index contributed by atoms with van der Waals surface area (Å²) in [5.74, 6) is -0.352. The molecule has 1 saturated heterocycles. The molecule has 0 aromatic carbocycles. The van der Waals surface area contributed by atoms with Gasteiger partial charge >= 0.3 is 6.18 Å². The number of carbonyl (C=O) groups excluding carboxylic acids is 1. The van der Waals surface area contributed by atoms with Crippen LogP contribution in [-0.4, -0.2) is 37.1 Å². The molecule has 4 nitrogen and oxygen atoms in total. The van der Waals surface area contributed by atoms with Crippen molar-refractivity contribution in [1.82, 2.24) is 4.98 Å². The number of anilines is 1. The molecule has 104 valence electrons. The topological polar surface area (TPSA) is 42.4 Å². The third kappa shape index (κ3) is 3.04. The Balaban J connectivity index is 2.44. The molecule has 0 unspecified atom stereocenters. The number of alkyl halides is 3. The van der Waals surface area contributed by atoms with Gasteiger partial charge in [0.15, 0.2) is 5.78 Å². The van der Waals surface area contributed by atoms with Gasteiger partial charge in [-0.05, 0) is 6.07 Å². The number of hydrogen-bond acceptors (Lipinski definition) is 4. The first-order valence-corrected chi connectivity index (χ1v) is 5.80. The largest absolute Gasteiger partial charge is 0.417 e. The highest BCUT2D eigenvalue weighted by Gasteiger charge is 2.33. The average Bonchev–Trinajstić information content (AvgIpc) is 2.38. The SMILES string of the molecule is CC(=O)c1ncc(C(F)(F)F)cc1N1CCOCC1. The zero-order valence-corrected chi connectivity index (χ0v) is 10.3. The second kappa shape index (κ2) is 5.16. The average molecular weight is 274 g/mol. The van der Waals surface area contributed by atoms with Crippen molar-refractivity contribution in [2.45, 2.75) is 13.1 Å². The van der Waals surface area contributed by atoms with Gasteiger partial charge in [-0.25, -0.2) is 0 Å². The monoisotopic (exact) mass is 274 g/mol. The third-order valence-electron chi connectivity index (χ3n) is 2.88. The van der Waals surface area contributed by atoms with Gasteiger partial charge in [-0.2, -0.15) is 13.2 Å². The van der Waals surface area contributed by atoms with Crippen LogP contribution in [0.25, 0.3) is 0 Å². The molecule has 1 aliphatic rings. The Morgan fingerprint density at radius 2 is 2.00 bits per heavy atom. The Bertz CT molecular complexity index is 482. The van der Waals surface area contributed by atoms with Crippen LogP contribution in [-0.2, 0) is 10.9 Å². The summed E-state index contributed by atoms with van der Waals surface area (Å²) in [4.78, 5) is 16.8. The second-order valence-corrected chi connectivity index (χ2v) is 4.25. The Labute approximate surface area is 108 Å². The molecule has 0 aliphatic carbocycles. The van der Waals surface area contributed by atoms with E-state index in [1.165, 1.54) is 6.92 Å². The fourth-order valence-corrected chi connectivity index (χ4v) is 1.92. The van der Waals surface area contributed by atoms with E-state index in [-0.39, 0.29) is 17.2 Å². The minimum absolute atomic E-state index is 0.0647. The van der Waals surface area contributed by atoms with Crippen molar-refractivity contribution in [3.8, 4) is 0 Å². The Hall–Kier alpha value is -1.63. The number of rotatable bonds is 2. The van der Waals surface area contributed by atoms with Gasteiger partial charge in [0.25, 0.3) is 0 Å². The molecule has 1 aromatic heterocycles. The van der Waals surface area contributed by atoms with Crippen molar-refractivity contribution < 1.29 is 22.7 Å². The van der Waals surface area contributed by atoms with Crippen LogP contribution < -0.4 is 4.90 Å². The van der Waals surface area contributed by atoms with Crippen LogP contribution in [0.2, 0.25) is 0 Å². The Morgan fingerprint density at radius 3 is 2.53 bits per heavy atom. The van der Waals surface area contributed by atoms with E-state index < -0.39 is 11.7 Å². The van der Waals surface area contributed by atoms with Crippen molar-refractivity contribution in [2.24, 2.45) is 0 Å². The molecule has 2 heterocycles. The van der Waals surface area contributed by atoms with Crippen molar-refractivity contribution in [3.05, 3.63) is 23.5 Å². The lowest BCUT2D eigenvalue weighted by atomic mass is 10.1. The number of pyridine rings is 1. The number of carbonyl (C=O) groups is 1. The number of nitrogens with zero attached hydrogens (tertiary/aromatic N) is 2. The smallest absolute Gasteiger partial charge is 0.378 e. The van der Waals surface area contributed by atoms with Gasteiger partial charge in [0.1, 0.15) is 5.69 Å². The number of ether oxygens (including phenoxy) is 1. The highest BCUT2D eigenvalue weighted by molar-refractivity contribution is 5.97. The third-order valence-corrected chi connectivity index (χ3v) is 2.88. The summed E-state index contributed by atoms with van der Waals surface area (Å²) in [6.45, 7) is 3.03. The lowest BCUT2D eigenvalue weighted by Gasteiger charge is -2.30. The number of aromatic nitrogens is 1. The summed E-state index contributed by atoms with van der Waals surface area (Å²) in [6.07, 6.45) is -3.77. The summed E-state index contributed by atoms with van der Waals surface area (Å²) >= 11 is 0. The van der Waals surface area contributed by atoms with Gasteiger partial charge in [0.2, 0.25) is 0 Å². The van der Waals surface area contributed by atoms with E-state index in [1.54, 1.807) is 4.90 Å². The molecule has 0 atom stereocenters. The molecule has 7 heteroatoms. The molecule has 1 aromatic rings. The van der Waals surface area contributed by atoms with E-state index in [0.717, 1.165) is 6.07 Å². The van der Waals surface area contributed by atoms with Crippen LogP contribution >= 0.6 is 0 Å². The Morgan fingerprint density at radius 1 is 1.37 bits per heavy atom. The summed E-state index contributed by atoms with van der Waals surface area (Å²) in [7, 11) is 0. The van der Waals surface area contributed by atoms with Gasteiger partial charge < -0.3 is 9.64 Å². The minimum Gasteiger partial charge on any atom is -0.378 e. The quantitative estimate of drug-likeness (QED) is 0.775. The maximum absolute atomic E-state index is 12.7. The van der Waals surface area contributed by atoms with Crippen molar-refractivity contribution in [2.75, 3.05) is 31.2 Å². The number of Topliss-reactive ketones (excluding diaryl/α,β-unsaturated/α-hetero) is 1. The second-order valence-electron chi connectivity index (χ2n) is 4.25. The highest BCUT2D eigenvalue weighted by atomic mass is 19.4. The Kier molecular flexibility index (Phi) is 3.75. The van der Waals surface area contributed by atoms with Crippen LogP contribution in [0, 0.1) is 0 Å². The fourth-order valence-electron chi connectivity index (χ4n) is 1.92. The molecule has 2 rings (SSSR count). The molecule has 0 N–H and O–H groups in total. The van der Waals surface area contributed by atoms with E-state index in [4.69, 9.17) is 4.74 Å². The molecule has 0 amide bonds. The van der Waals surface area contributed by atoms with Crippen LogP contribution in [0.1, 0.15) is 23.0 Å². The molecule has 1 fully saturated rings. The summed E-state index contributed by atoms with van der Waals surface area (Å²) in [5, 5.41) is 0. The first-order valence-electron chi connectivity index (χ1n) is 5.80. The van der Waals surface area contributed by atoms with E-state index in [0.29, 0.717) is 32.5 Å². The molecule has 0 bridgehead atoms. The van der Waals surface area contributed by atoms with Gasteiger partial charge in [0, 0.05) is 26.2 Å². The standard InChI is InChI=1S/C12H13F3N2O2/c1-8(18)11-10(17-2-4-19-5-3-17)6-9(7-16-11)12(13,14)15/h6-7H,2-5H2,1H3. The molecular formula is C12H13F3N2O2. The first kappa shape index (κ1) is 13.8. The molecule has 0 saturated carbocycles. The van der Waals surface area contributed by atoms with Crippen LogP contribution in [0.4, 0.5) is 18.9 Å². The molecule has 0 spiro atoms. The molecule has 0 radical (unpaired) electrons. The number of hydrogen-bond donors (Lipinski definition) is 0. The zero-order valence-electron chi connectivity index (χ0n) is 10.3. The normalized spacial score (nSPS) is 16.5. The van der Waals surface area contributed by atoms with Crippen molar-refractivity contribution in [3.63, 3.8) is 0 Å².